The Hall–Kier alpha value is -1.30. The first-order chi connectivity index (χ1) is 7.59. The zero-order valence-corrected chi connectivity index (χ0v) is 9.00. The van der Waals surface area contributed by atoms with Crippen LogP contribution in [0.1, 0.15) is 19.3 Å². The fourth-order valence-electron chi connectivity index (χ4n) is 2.35. The second-order valence-electron chi connectivity index (χ2n) is 4.36. The summed E-state index contributed by atoms with van der Waals surface area (Å²) in [6.45, 7) is 1.34. The molecule has 1 unspecified atom stereocenters. The standard InChI is InChI=1S/C10H16N2O4/c13-7-3-5-11(6-7)10(16)12-4-1-2-8(12)9(14)15/h7-8,13H,1-6H2,(H,14,15)/t7?,8-/m0/s1. The molecule has 2 heterocycles. The minimum absolute atomic E-state index is 0.249. The number of aliphatic hydroxyl groups is 1. The van der Waals surface area contributed by atoms with Crippen LogP contribution in [-0.4, -0.2) is 63.8 Å². The number of aliphatic hydroxyl groups excluding tert-OH is 1. The van der Waals surface area contributed by atoms with Crippen LogP contribution in [-0.2, 0) is 4.79 Å². The first kappa shape index (κ1) is 11.2. The molecule has 90 valence electrons. The predicted molar refractivity (Wildman–Crippen MR) is 55.0 cm³/mol. The number of likely N-dealkylation sites (tertiary alicyclic amines) is 2. The van der Waals surface area contributed by atoms with Crippen LogP contribution >= 0.6 is 0 Å². The fraction of sp³-hybridized carbons (Fsp3) is 0.800. The summed E-state index contributed by atoms with van der Waals surface area (Å²) in [6, 6.07) is -0.938. The van der Waals surface area contributed by atoms with Crippen molar-refractivity contribution in [1.29, 1.82) is 0 Å². The van der Waals surface area contributed by atoms with Crippen molar-refractivity contribution in [3.8, 4) is 0 Å². The van der Waals surface area contributed by atoms with Gasteiger partial charge in [0.25, 0.3) is 0 Å². The van der Waals surface area contributed by atoms with Crippen LogP contribution in [0, 0.1) is 0 Å². The Balaban J connectivity index is 2.01. The van der Waals surface area contributed by atoms with Gasteiger partial charge in [0.15, 0.2) is 0 Å². The highest BCUT2D eigenvalue weighted by Gasteiger charge is 2.37. The van der Waals surface area contributed by atoms with Crippen molar-refractivity contribution in [2.45, 2.75) is 31.4 Å². The average Bonchev–Trinajstić information content (AvgIpc) is 2.84. The smallest absolute Gasteiger partial charge is 0.326 e. The molecule has 2 aliphatic rings. The molecule has 6 nitrogen and oxygen atoms in total. The van der Waals surface area contributed by atoms with Gasteiger partial charge in [0.1, 0.15) is 6.04 Å². The molecule has 0 aromatic heterocycles. The minimum atomic E-state index is -0.939. The van der Waals surface area contributed by atoms with Gasteiger partial charge in [-0.15, -0.1) is 0 Å². The summed E-state index contributed by atoms with van der Waals surface area (Å²) in [7, 11) is 0. The highest BCUT2D eigenvalue weighted by atomic mass is 16.4. The van der Waals surface area contributed by atoms with Crippen molar-refractivity contribution in [3.05, 3.63) is 0 Å². The van der Waals surface area contributed by atoms with Crippen LogP contribution in [0.4, 0.5) is 4.79 Å². The normalized spacial score (nSPS) is 29.8. The molecular weight excluding hydrogens is 212 g/mol. The number of carboxylic acids is 1. The van der Waals surface area contributed by atoms with Gasteiger partial charge >= 0.3 is 12.0 Å². The summed E-state index contributed by atoms with van der Waals surface area (Å²) < 4.78 is 0. The van der Waals surface area contributed by atoms with E-state index in [2.05, 4.69) is 0 Å². The number of urea groups is 1. The second-order valence-corrected chi connectivity index (χ2v) is 4.36. The molecule has 0 bridgehead atoms. The number of hydrogen-bond acceptors (Lipinski definition) is 3. The Labute approximate surface area is 93.4 Å². The molecule has 0 aromatic rings. The quantitative estimate of drug-likeness (QED) is 0.647. The van der Waals surface area contributed by atoms with Gasteiger partial charge in [0.05, 0.1) is 6.10 Å². The summed E-state index contributed by atoms with van der Waals surface area (Å²) >= 11 is 0. The lowest BCUT2D eigenvalue weighted by molar-refractivity contribution is -0.141. The van der Waals surface area contributed by atoms with Crippen molar-refractivity contribution in [2.24, 2.45) is 0 Å². The van der Waals surface area contributed by atoms with Gasteiger partial charge in [0.2, 0.25) is 0 Å². The first-order valence-electron chi connectivity index (χ1n) is 5.56. The van der Waals surface area contributed by atoms with Gasteiger partial charge in [-0.2, -0.15) is 0 Å². The lowest BCUT2D eigenvalue weighted by Crippen LogP contribution is -2.47. The van der Waals surface area contributed by atoms with Crippen LogP contribution < -0.4 is 0 Å². The molecule has 16 heavy (non-hydrogen) atoms. The van der Waals surface area contributed by atoms with Crippen molar-refractivity contribution >= 4 is 12.0 Å². The Bertz CT molecular complexity index is 307. The third kappa shape index (κ3) is 1.97. The molecule has 2 aliphatic heterocycles. The zero-order valence-electron chi connectivity index (χ0n) is 9.00. The van der Waals surface area contributed by atoms with Crippen molar-refractivity contribution in [3.63, 3.8) is 0 Å². The fourth-order valence-corrected chi connectivity index (χ4v) is 2.35. The molecule has 0 saturated carbocycles. The Morgan fingerprint density at radius 1 is 1.19 bits per heavy atom. The van der Waals surface area contributed by atoms with Crippen LogP contribution in [0.15, 0.2) is 0 Å². The van der Waals surface area contributed by atoms with Gasteiger partial charge in [-0.05, 0) is 19.3 Å². The molecule has 6 heteroatoms. The third-order valence-corrected chi connectivity index (χ3v) is 3.22. The molecule has 0 radical (unpaired) electrons. The number of aliphatic carboxylic acids is 1. The van der Waals surface area contributed by atoms with Crippen molar-refractivity contribution in [2.75, 3.05) is 19.6 Å². The maximum atomic E-state index is 12.0. The van der Waals surface area contributed by atoms with Gasteiger partial charge in [-0.1, -0.05) is 0 Å². The SMILES string of the molecule is O=C(O)[C@@H]1CCCN1C(=O)N1CCC(O)C1. The Kier molecular flexibility index (Phi) is 3.00. The number of nitrogens with zero attached hydrogens (tertiary/aromatic N) is 2. The third-order valence-electron chi connectivity index (χ3n) is 3.22. The number of hydrogen-bond donors (Lipinski definition) is 2. The summed E-state index contributed by atoms with van der Waals surface area (Å²) in [5, 5.41) is 18.3. The highest BCUT2D eigenvalue weighted by Crippen LogP contribution is 2.21. The molecule has 2 N–H and O–H groups in total. The van der Waals surface area contributed by atoms with E-state index >= 15 is 0 Å². The molecule has 2 rings (SSSR count). The number of amides is 2. The number of carbonyl (C=O) groups excluding carboxylic acids is 1. The Morgan fingerprint density at radius 2 is 1.94 bits per heavy atom. The average molecular weight is 228 g/mol. The van der Waals surface area contributed by atoms with Gasteiger partial charge in [0, 0.05) is 19.6 Å². The van der Waals surface area contributed by atoms with Crippen molar-refractivity contribution in [1.82, 2.24) is 9.80 Å². The molecule has 0 aromatic carbocycles. The molecule has 2 amide bonds. The number of carboxylic acid groups (broad SMARTS) is 1. The molecule has 0 spiro atoms. The number of rotatable bonds is 1. The summed E-state index contributed by atoms with van der Waals surface area (Å²) in [6.07, 6.45) is 1.38. The van der Waals surface area contributed by atoms with Gasteiger partial charge in [-0.25, -0.2) is 9.59 Å². The van der Waals surface area contributed by atoms with E-state index in [1.807, 2.05) is 0 Å². The predicted octanol–water partition coefficient (Wildman–Crippen LogP) is -0.278. The van der Waals surface area contributed by atoms with E-state index in [9.17, 15) is 14.7 Å². The Morgan fingerprint density at radius 3 is 2.50 bits per heavy atom. The van der Waals surface area contributed by atoms with Gasteiger partial charge < -0.3 is 20.0 Å². The lowest BCUT2D eigenvalue weighted by atomic mass is 10.2. The highest BCUT2D eigenvalue weighted by molar-refractivity contribution is 5.83. The molecule has 2 atom stereocenters. The summed E-state index contributed by atoms with van der Waals surface area (Å²) in [5.74, 6) is -0.939. The molecule has 0 aliphatic carbocycles. The van der Waals surface area contributed by atoms with E-state index in [4.69, 9.17) is 5.11 Å². The first-order valence-corrected chi connectivity index (χ1v) is 5.56. The van der Waals surface area contributed by atoms with E-state index < -0.39 is 18.1 Å². The van der Waals surface area contributed by atoms with Gasteiger partial charge in [-0.3, -0.25) is 0 Å². The van der Waals surface area contributed by atoms with E-state index in [0.717, 1.165) is 6.42 Å². The van der Waals surface area contributed by atoms with Crippen LogP contribution in [0.3, 0.4) is 0 Å². The summed E-state index contributed by atoms with van der Waals surface area (Å²) in [5.41, 5.74) is 0. The maximum absolute atomic E-state index is 12.0. The minimum Gasteiger partial charge on any atom is -0.480 e. The van der Waals surface area contributed by atoms with E-state index in [-0.39, 0.29) is 6.03 Å². The molecular formula is C10H16N2O4. The zero-order chi connectivity index (χ0) is 11.7. The molecule has 2 saturated heterocycles. The lowest BCUT2D eigenvalue weighted by Gasteiger charge is -2.27. The molecule has 2 fully saturated rings. The second kappa shape index (κ2) is 4.29. The number of carbonyl (C=O) groups is 2. The topological polar surface area (TPSA) is 81.1 Å². The monoisotopic (exact) mass is 228 g/mol. The maximum Gasteiger partial charge on any atom is 0.326 e. The van der Waals surface area contributed by atoms with Crippen molar-refractivity contribution < 1.29 is 19.8 Å². The van der Waals surface area contributed by atoms with Crippen LogP contribution in [0.25, 0.3) is 0 Å². The van der Waals surface area contributed by atoms with Crippen LogP contribution in [0.2, 0.25) is 0 Å². The van der Waals surface area contributed by atoms with E-state index in [0.29, 0.717) is 32.5 Å². The van der Waals surface area contributed by atoms with E-state index in [1.165, 1.54) is 9.80 Å². The van der Waals surface area contributed by atoms with Crippen LogP contribution in [0.5, 0.6) is 0 Å². The van der Waals surface area contributed by atoms with E-state index in [1.54, 1.807) is 0 Å². The largest absolute Gasteiger partial charge is 0.480 e. The number of β-amino-alcohol motifs (C(OH)–C–C–N with tert-alkyl or cyclic N) is 1. The summed E-state index contributed by atoms with van der Waals surface area (Å²) in [4.78, 5) is 25.9.